The molecule has 0 radical (unpaired) electrons. The fourth-order valence-corrected chi connectivity index (χ4v) is 1.54. The zero-order valence-corrected chi connectivity index (χ0v) is 11.4. The molecular formula is C14H20N2O3. The first-order valence-corrected chi connectivity index (χ1v) is 6.30. The number of hydrogen-bond acceptors (Lipinski definition) is 4. The number of aldehydes is 1. The summed E-state index contributed by atoms with van der Waals surface area (Å²) in [4.78, 5) is 24.0. The minimum absolute atomic E-state index is 0.0507. The lowest BCUT2D eigenvalue weighted by atomic mass is 10.2. The van der Waals surface area contributed by atoms with E-state index in [1.165, 1.54) is 6.07 Å². The Morgan fingerprint density at radius 3 is 2.79 bits per heavy atom. The van der Waals surface area contributed by atoms with Crippen LogP contribution in [0.4, 0.5) is 5.69 Å². The molecule has 0 atom stereocenters. The van der Waals surface area contributed by atoms with E-state index in [2.05, 4.69) is 6.92 Å². The second-order valence-electron chi connectivity index (χ2n) is 4.37. The molecule has 0 bridgehead atoms. The Bertz CT molecular complexity index is 446. The van der Waals surface area contributed by atoms with Gasteiger partial charge in [-0.1, -0.05) is 13.3 Å². The van der Waals surface area contributed by atoms with Crippen LogP contribution < -0.4 is 10.5 Å². The number of unbranched alkanes of at least 4 members (excludes halogenated alkanes) is 1. The highest BCUT2D eigenvalue weighted by atomic mass is 16.5. The van der Waals surface area contributed by atoms with E-state index in [4.69, 9.17) is 10.5 Å². The van der Waals surface area contributed by atoms with Crippen LogP contribution in [0, 0.1) is 0 Å². The van der Waals surface area contributed by atoms with Gasteiger partial charge >= 0.3 is 0 Å². The average Bonchev–Trinajstić information content (AvgIpc) is 2.42. The molecule has 0 aromatic heterocycles. The van der Waals surface area contributed by atoms with E-state index in [1.807, 2.05) is 0 Å². The fourth-order valence-electron chi connectivity index (χ4n) is 1.54. The van der Waals surface area contributed by atoms with Crippen molar-refractivity contribution < 1.29 is 14.3 Å². The molecule has 104 valence electrons. The summed E-state index contributed by atoms with van der Waals surface area (Å²) in [6, 6.07) is 4.72. The van der Waals surface area contributed by atoms with Crippen molar-refractivity contribution in [2.75, 3.05) is 25.9 Å². The lowest BCUT2D eigenvalue weighted by molar-refractivity contribution is -0.132. The van der Waals surface area contributed by atoms with Crippen LogP contribution in [-0.4, -0.2) is 37.3 Å². The summed E-state index contributed by atoms with van der Waals surface area (Å²) in [7, 11) is 1.75. The summed E-state index contributed by atoms with van der Waals surface area (Å²) in [5, 5.41) is 0. The molecule has 0 fully saturated rings. The summed E-state index contributed by atoms with van der Waals surface area (Å²) in [6.07, 6.45) is 2.72. The van der Waals surface area contributed by atoms with Gasteiger partial charge in [0.1, 0.15) is 12.0 Å². The summed E-state index contributed by atoms with van der Waals surface area (Å²) >= 11 is 0. The van der Waals surface area contributed by atoms with Crippen molar-refractivity contribution in [3.63, 3.8) is 0 Å². The molecule has 0 spiro atoms. The third-order valence-corrected chi connectivity index (χ3v) is 2.79. The standard InChI is InChI=1S/C14H20N2O3/c1-3-4-7-16(2)14(18)10-19-13-6-5-11(9-17)8-12(13)15/h5-6,8-9H,3-4,7,10,15H2,1-2H3. The number of amides is 1. The van der Waals surface area contributed by atoms with Crippen molar-refractivity contribution in [1.82, 2.24) is 4.90 Å². The van der Waals surface area contributed by atoms with E-state index in [9.17, 15) is 9.59 Å². The molecule has 1 amide bonds. The number of nitrogen functional groups attached to an aromatic ring is 1. The Morgan fingerprint density at radius 1 is 1.47 bits per heavy atom. The molecule has 0 aliphatic rings. The zero-order chi connectivity index (χ0) is 14.3. The van der Waals surface area contributed by atoms with Gasteiger partial charge in [0.25, 0.3) is 5.91 Å². The predicted molar refractivity (Wildman–Crippen MR) is 74.3 cm³/mol. The highest BCUT2D eigenvalue weighted by Gasteiger charge is 2.10. The molecule has 1 aromatic carbocycles. The lowest BCUT2D eigenvalue weighted by Crippen LogP contribution is -2.32. The maximum absolute atomic E-state index is 11.8. The van der Waals surface area contributed by atoms with Gasteiger partial charge in [0.05, 0.1) is 5.69 Å². The van der Waals surface area contributed by atoms with Crippen LogP contribution >= 0.6 is 0 Å². The van der Waals surface area contributed by atoms with Gasteiger partial charge in [-0.05, 0) is 24.6 Å². The first kappa shape index (κ1) is 15.0. The Balaban J connectivity index is 2.52. The molecule has 0 aliphatic carbocycles. The molecule has 1 aromatic rings. The van der Waals surface area contributed by atoms with Gasteiger partial charge in [-0.15, -0.1) is 0 Å². The first-order valence-electron chi connectivity index (χ1n) is 6.30. The van der Waals surface area contributed by atoms with Crippen LogP contribution in [0.25, 0.3) is 0 Å². The lowest BCUT2D eigenvalue weighted by Gasteiger charge is -2.17. The number of hydrogen-bond donors (Lipinski definition) is 1. The molecule has 0 saturated carbocycles. The Kier molecular flexibility index (Phi) is 5.85. The van der Waals surface area contributed by atoms with Crippen LogP contribution in [0.2, 0.25) is 0 Å². The number of nitrogens with two attached hydrogens (primary N) is 1. The number of ether oxygens (including phenoxy) is 1. The molecule has 1 rings (SSSR count). The van der Waals surface area contributed by atoms with Crippen molar-refractivity contribution in [3.8, 4) is 5.75 Å². The maximum atomic E-state index is 11.8. The fraction of sp³-hybridized carbons (Fsp3) is 0.429. The molecule has 5 nitrogen and oxygen atoms in total. The normalized spacial score (nSPS) is 10.0. The molecule has 0 saturated heterocycles. The largest absolute Gasteiger partial charge is 0.482 e. The zero-order valence-electron chi connectivity index (χ0n) is 11.4. The predicted octanol–water partition coefficient (Wildman–Crippen LogP) is 1.72. The second kappa shape index (κ2) is 7.41. The van der Waals surface area contributed by atoms with Crippen LogP contribution in [-0.2, 0) is 4.79 Å². The highest BCUT2D eigenvalue weighted by Crippen LogP contribution is 2.21. The van der Waals surface area contributed by atoms with E-state index in [0.717, 1.165) is 19.4 Å². The quantitative estimate of drug-likeness (QED) is 0.601. The first-order chi connectivity index (χ1) is 9.08. The minimum atomic E-state index is -0.0905. The van der Waals surface area contributed by atoms with Crippen molar-refractivity contribution in [1.29, 1.82) is 0 Å². The molecule has 5 heteroatoms. The van der Waals surface area contributed by atoms with Crippen molar-refractivity contribution in [2.24, 2.45) is 0 Å². The van der Waals surface area contributed by atoms with Crippen LogP contribution in [0.5, 0.6) is 5.75 Å². The summed E-state index contributed by atoms with van der Waals surface area (Å²) in [6.45, 7) is 2.74. The Morgan fingerprint density at radius 2 is 2.21 bits per heavy atom. The van der Waals surface area contributed by atoms with Crippen LogP contribution in [0.15, 0.2) is 18.2 Å². The van der Waals surface area contributed by atoms with Crippen molar-refractivity contribution >= 4 is 17.9 Å². The number of anilines is 1. The van der Waals surface area contributed by atoms with E-state index in [-0.39, 0.29) is 12.5 Å². The van der Waals surface area contributed by atoms with Gasteiger partial charge in [-0.25, -0.2) is 0 Å². The molecule has 2 N–H and O–H groups in total. The van der Waals surface area contributed by atoms with E-state index in [0.29, 0.717) is 23.3 Å². The van der Waals surface area contributed by atoms with Gasteiger partial charge in [0.2, 0.25) is 0 Å². The average molecular weight is 264 g/mol. The third kappa shape index (κ3) is 4.62. The summed E-state index contributed by atoms with van der Waals surface area (Å²) in [5.41, 5.74) is 6.57. The smallest absolute Gasteiger partial charge is 0.260 e. The van der Waals surface area contributed by atoms with Gasteiger partial charge in [-0.3, -0.25) is 9.59 Å². The number of rotatable bonds is 7. The minimum Gasteiger partial charge on any atom is -0.482 e. The number of likely N-dealkylation sites (N-methyl/N-ethyl adjacent to an activating group) is 1. The third-order valence-electron chi connectivity index (χ3n) is 2.79. The Hall–Kier alpha value is -2.04. The number of benzene rings is 1. The van der Waals surface area contributed by atoms with E-state index >= 15 is 0 Å². The highest BCUT2D eigenvalue weighted by molar-refractivity contribution is 5.79. The monoisotopic (exact) mass is 264 g/mol. The van der Waals surface area contributed by atoms with Crippen molar-refractivity contribution in [2.45, 2.75) is 19.8 Å². The molecule has 0 heterocycles. The van der Waals surface area contributed by atoms with Gasteiger partial charge in [-0.2, -0.15) is 0 Å². The van der Waals surface area contributed by atoms with E-state index in [1.54, 1.807) is 24.1 Å². The summed E-state index contributed by atoms with van der Waals surface area (Å²) < 4.78 is 5.37. The van der Waals surface area contributed by atoms with Gasteiger partial charge in [0.15, 0.2) is 6.61 Å². The van der Waals surface area contributed by atoms with Gasteiger partial charge in [0, 0.05) is 19.2 Å². The number of nitrogens with zero attached hydrogens (tertiary/aromatic N) is 1. The SMILES string of the molecule is CCCCN(C)C(=O)COc1ccc(C=O)cc1N. The molecule has 0 aliphatic heterocycles. The molecule has 0 unspecified atom stereocenters. The number of carbonyl (C=O) groups is 2. The molecular weight excluding hydrogens is 244 g/mol. The number of carbonyl (C=O) groups excluding carboxylic acids is 2. The summed E-state index contributed by atoms with van der Waals surface area (Å²) in [5.74, 6) is 0.329. The molecule has 19 heavy (non-hydrogen) atoms. The Labute approximate surface area is 113 Å². The van der Waals surface area contributed by atoms with Crippen molar-refractivity contribution in [3.05, 3.63) is 23.8 Å². The topological polar surface area (TPSA) is 72.6 Å². The van der Waals surface area contributed by atoms with Crippen LogP contribution in [0.3, 0.4) is 0 Å². The van der Waals surface area contributed by atoms with E-state index < -0.39 is 0 Å². The second-order valence-corrected chi connectivity index (χ2v) is 4.37. The maximum Gasteiger partial charge on any atom is 0.260 e. The van der Waals surface area contributed by atoms with Crippen LogP contribution in [0.1, 0.15) is 30.1 Å². The van der Waals surface area contributed by atoms with Gasteiger partial charge < -0.3 is 15.4 Å².